The fraction of sp³-hybridized carbons (Fsp3) is 0.600. The molecular formula is C15H24BrNO. The van der Waals surface area contributed by atoms with Crippen LogP contribution in [0.1, 0.15) is 32.8 Å². The van der Waals surface area contributed by atoms with E-state index in [9.17, 15) is 0 Å². The highest BCUT2D eigenvalue weighted by Gasteiger charge is 2.18. The molecule has 3 heteroatoms. The summed E-state index contributed by atoms with van der Waals surface area (Å²) in [5.74, 6) is 0.890. The first-order valence-corrected chi connectivity index (χ1v) is 7.31. The molecule has 102 valence electrons. The van der Waals surface area contributed by atoms with E-state index in [0.717, 1.165) is 29.7 Å². The maximum Gasteiger partial charge on any atom is 0.133 e. The molecule has 0 atom stereocenters. The molecule has 0 aliphatic carbocycles. The highest BCUT2D eigenvalue weighted by molar-refractivity contribution is 9.10. The summed E-state index contributed by atoms with van der Waals surface area (Å²) in [6, 6.07) is 6.32. The minimum absolute atomic E-state index is 0.267. The van der Waals surface area contributed by atoms with E-state index in [1.807, 2.05) is 6.07 Å². The molecule has 0 amide bonds. The lowest BCUT2D eigenvalue weighted by molar-refractivity contribution is 0.338. The van der Waals surface area contributed by atoms with Crippen LogP contribution in [-0.4, -0.2) is 20.2 Å². The lowest BCUT2D eigenvalue weighted by Crippen LogP contribution is -2.31. The maximum atomic E-state index is 5.25. The van der Waals surface area contributed by atoms with E-state index in [-0.39, 0.29) is 5.41 Å². The predicted molar refractivity (Wildman–Crippen MR) is 81.3 cm³/mol. The molecule has 0 aromatic heterocycles. The topological polar surface area (TPSA) is 21.3 Å². The molecule has 18 heavy (non-hydrogen) atoms. The first-order chi connectivity index (χ1) is 8.48. The zero-order chi connectivity index (χ0) is 13.6. The van der Waals surface area contributed by atoms with Gasteiger partial charge >= 0.3 is 0 Å². The van der Waals surface area contributed by atoms with Gasteiger partial charge in [0, 0.05) is 6.54 Å². The normalized spacial score (nSPS) is 11.6. The SMILES string of the molecule is CCCNCC(C)(C)Cc1ccc(OC)c(Br)c1. The monoisotopic (exact) mass is 313 g/mol. The molecule has 1 rings (SSSR count). The summed E-state index contributed by atoms with van der Waals surface area (Å²) in [6.07, 6.45) is 2.25. The van der Waals surface area contributed by atoms with Gasteiger partial charge in [0.05, 0.1) is 11.6 Å². The largest absolute Gasteiger partial charge is 0.496 e. The molecule has 1 N–H and O–H groups in total. The van der Waals surface area contributed by atoms with Gasteiger partial charge in [-0.05, 0) is 58.4 Å². The second-order valence-electron chi connectivity index (χ2n) is 5.49. The van der Waals surface area contributed by atoms with Crippen molar-refractivity contribution in [3.63, 3.8) is 0 Å². The Bertz CT molecular complexity index is 377. The van der Waals surface area contributed by atoms with Crippen molar-refractivity contribution in [2.24, 2.45) is 5.41 Å². The van der Waals surface area contributed by atoms with Crippen molar-refractivity contribution in [3.8, 4) is 5.75 Å². The standard InChI is InChI=1S/C15H24BrNO/c1-5-8-17-11-15(2,3)10-12-6-7-14(18-4)13(16)9-12/h6-7,9,17H,5,8,10-11H2,1-4H3. The van der Waals surface area contributed by atoms with Crippen LogP contribution in [0, 0.1) is 5.41 Å². The van der Waals surface area contributed by atoms with Gasteiger partial charge in [-0.2, -0.15) is 0 Å². The Balaban J connectivity index is 2.62. The van der Waals surface area contributed by atoms with E-state index in [1.165, 1.54) is 12.0 Å². The van der Waals surface area contributed by atoms with Crippen LogP contribution in [0.25, 0.3) is 0 Å². The number of ether oxygens (including phenoxy) is 1. The van der Waals surface area contributed by atoms with Gasteiger partial charge in [0.2, 0.25) is 0 Å². The Morgan fingerprint density at radius 3 is 2.61 bits per heavy atom. The first kappa shape index (κ1) is 15.5. The molecule has 0 heterocycles. The number of rotatable bonds is 7. The number of nitrogens with one attached hydrogen (secondary N) is 1. The van der Waals surface area contributed by atoms with Gasteiger partial charge in [0.15, 0.2) is 0 Å². The molecule has 2 nitrogen and oxygen atoms in total. The Hall–Kier alpha value is -0.540. The summed E-state index contributed by atoms with van der Waals surface area (Å²) in [7, 11) is 1.69. The Morgan fingerprint density at radius 1 is 1.33 bits per heavy atom. The van der Waals surface area contributed by atoms with E-state index in [0.29, 0.717) is 0 Å². The Labute approximate surface area is 119 Å². The van der Waals surface area contributed by atoms with Crippen LogP contribution >= 0.6 is 15.9 Å². The van der Waals surface area contributed by atoms with Gasteiger partial charge < -0.3 is 10.1 Å². The number of methoxy groups -OCH3 is 1. The molecule has 0 saturated heterocycles. The van der Waals surface area contributed by atoms with Crippen molar-refractivity contribution in [1.29, 1.82) is 0 Å². The number of hydrogen-bond acceptors (Lipinski definition) is 2. The van der Waals surface area contributed by atoms with Gasteiger partial charge in [0.1, 0.15) is 5.75 Å². The van der Waals surface area contributed by atoms with Crippen LogP contribution in [-0.2, 0) is 6.42 Å². The highest BCUT2D eigenvalue weighted by atomic mass is 79.9. The van der Waals surface area contributed by atoms with Crippen LogP contribution in [0.2, 0.25) is 0 Å². The maximum absolute atomic E-state index is 5.25. The van der Waals surface area contributed by atoms with Crippen molar-refractivity contribution in [3.05, 3.63) is 28.2 Å². The zero-order valence-electron chi connectivity index (χ0n) is 11.8. The van der Waals surface area contributed by atoms with E-state index in [2.05, 4.69) is 54.2 Å². The van der Waals surface area contributed by atoms with Crippen LogP contribution in [0.4, 0.5) is 0 Å². The summed E-state index contributed by atoms with van der Waals surface area (Å²) in [6.45, 7) is 8.93. The minimum Gasteiger partial charge on any atom is -0.496 e. The van der Waals surface area contributed by atoms with E-state index < -0.39 is 0 Å². The second kappa shape index (κ2) is 7.15. The van der Waals surface area contributed by atoms with Crippen LogP contribution in [0.5, 0.6) is 5.75 Å². The van der Waals surface area contributed by atoms with Crippen molar-refractivity contribution in [2.75, 3.05) is 20.2 Å². The molecule has 0 saturated carbocycles. The summed E-state index contributed by atoms with van der Waals surface area (Å²) in [5, 5.41) is 3.50. The molecule has 0 spiro atoms. The average molecular weight is 314 g/mol. The molecule has 0 fully saturated rings. The molecule has 0 aliphatic rings. The van der Waals surface area contributed by atoms with E-state index >= 15 is 0 Å². The molecule has 1 aromatic rings. The van der Waals surface area contributed by atoms with Gasteiger partial charge in [-0.3, -0.25) is 0 Å². The third kappa shape index (κ3) is 4.99. The molecule has 1 aromatic carbocycles. The predicted octanol–water partition coefficient (Wildman–Crippen LogP) is 4.03. The van der Waals surface area contributed by atoms with Crippen molar-refractivity contribution >= 4 is 15.9 Å². The lowest BCUT2D eigenvalue weighted by Gasteiger charge is -2.25. The van der Waals surface area contributed by atoms with Crippen molar-refractivity contribution < 1.29 is 4.74 Å². The van der Waals surface area contributed by atoms with Crippen LogP contribution < -0.4 is 10.1 Å². The molecule has 0 radical (unpaired) electrons. The fourth-order valence-corrected chi connectivity index (χ4v) is 2.63. The second-order valence-corrected chi connectivity index (χ2v) is 6.34. The zero-order valence-corrected chi connectivity index (χ0v) is 13.4. The quantitative estimate of drug-likeness (QED) is 0.767. The van der Waals surface area contributed by atoms with Gasteiger partial charge in [-0.1, -0.05) is 26.8 Å². The first-order valence-electron chi connectivity index (χ1n) is 6.51. The van der Waals surface area contributed by atoms with Gasteiger partial charge in [-0.25, -0.2) is 0 Å². The van der Waals surface area contributed by atoms with Crippen molar-refractivity contribution in [2.45, 2.75) is 33.6 Å². The summed E-state index contributed by atoms with van der Waals surface area (Å²) >= 11 is 3.54. The lowest BCUT2D eigenvalue weighted by atomic mass is 9.85. The minimum atomic E-state index is 0.267. The number of benzene rings is 1. The smallest absolute Gasteiger partial charge is 0.133 e. The van der Waals surface area contributed by atoms with Crippen LogP contribution in [0.15, 0.2) is 22.7 Å². The fourth-order valence-electron chi connectivity index (χ4n) is 2.04. The van der Waals surface area contributed by atoms with Crippen LogP contribution in [0.3, 0.4) is 0 Å². The summed E-state index contributed by atoms with van der Waals surface area (Å²) < 4.78 is 6.28. The third-order valence-corrected chi connectivity index (χ3v) is 3.55. The molecule has 0 unspecified atom stereocenters. The Kier molecular flexibility index (Phi) is 6.16. The summed E-state index contributed by atoms with van der Waals surface area (Å²) in [5.41, 5.74) is 1.61. The third-order valence-electron chi connectivity index (χ3n) is 2.93. The van der Waals surface area contributed by atoms with E-state index in [1.54, 1.807) is 7.11 Å². The number of hydrogen-bond donors (Lipinski definition) is 1. The van der Waals surface area contributed by atoms with E-state index in [4.69, 9.17) is 4.74 Å². The molecule has 0 bridgehead atoms. The molecular weight excluding hydrogens is 290 g/mol. The van der Waals surface area contributed by atoms with Gasteiger partial charge in [0.25, 0.3) is 0 Å². The average Bonchev–Trinajstić information content (AvgIpc) is 2.29. The molecule has 0 aliphatic heterocycles. The van der Waals surface area contributed by atoms with Crippen molar-refractivity contribution in [1.82, 2.24) is 5.32 Å². The highest BCUT2D eigenvalue weighted by Crippen LogP contribution is 2.29. The summed E-state index contributed by atoms with van der Waals surface area (Å²) in [4.78, 5) is 0. The van der Waals surface area contributed by atoms with Gasteiger partial charge in [-0.15, -0.1) is 0 Å². The Morgan fingerprint density at radius 2 is 2.06 bits per heavy atom. The number of halogens is 1.